The summed E-state index contributed by atoms with van der Waals surface area (Å²) in [5.74, 6) is 0.376. The topological polar surface area (TPSA) is 117 Å². The fraction of sp³-hybridized carbons (Fsp3) is 0.543. The Bertz CT molecular complexity index is 1310. The standard InChI is InChI=1S/C35H48N4O6/c1-35(2,3)45-34(43)37-20-10-6-5-9-19-36-32(41)30-24-27-11-7-8-12-29(27)39(30)33(42)26-17-21-38(22-18-26)31(40)23-25-13-15-28(44-4)16-14-25/h7-8,11-16,26,30H,5-6,9-10,17-24H2,1-4H3,(H,36,41)(H,37,43). The number of carbonyl (C=O) groups is 4. The molecule has 2 aliphatic heterocycles. The van der Waals surface area contributed by atoms with Gasteiger partial charge in [0.05, 0.1) is 13.5 Å². The van der Waals surface area contributed by atoms with Crippen molar-refractivity contribution in [1.82, 2.24) is 15.5 Å². The van der Waals surface area contributed by atoms with E-state index in [9.17, 15) is 19.2 Å². The number of hydrogen-bond acceptors (Lipinski definition) is 6. The number of hydrogen-bond donors (Lipinski definition) is 2. The van der Waals surface area contributed by atoms with Crippen LogP contribution in [0.2, 0.25) is 0 Å². The highest BCUT2D eigenvalue weighted by Crippen LogP contribution is 2.35. The largest absolute Gasteiger partial charge is 0.497 e. The first-order valence-corrected chi connectivity index (χ1v) is 16.1. The van der Waals surface area contributed by atoms with E-state index in [1.165, 1.54) is 0 Å². The number of alkyl carbamates (subject to hydrolysis) is 1. The molecular weight excluding hydrogens is 572 g/mol. The minimum Gasteiger partial charge on any atom is -0.497 e. The van der Waals surface area contributed by atoms with Crippen molar-refractivity contribution in [3.63, 3.8) is 0 Å². The van der Waals surface area contributed by atoms with Gasteiger partial charge in [-0.15, -0.1) is 0 Å². The quantitative estimate of drug-likeness (QED) is 0.334. The first kappa shape index (κ1) is 33.8. The first-order chi connectivity index (χ1) is 21.6. The van der Waals surface area contributed by atoms with Crippen LogP contribution in [0, 0.1) is 5.92 Å². The van der Waals surface area contributed by atoms with E-state index in [2.05, 4.69) is 10.6 Å². The van der Waals surface area contributed by atoms with Gasteiger partial charge >= 0.3 is 6.09 Å². The molecular formula is C35H48N4O6. The van der Waals surface area contributed by atoms with Crippen LogP contribution in [0.15, 0.2) is 48.5 Å². The third kappa shape index (κ3) is 9.70. The zero-order valence-corrected chi connectivity index (χ0v) is 27.1. The van der Waals surface area contributed by atoms with Gasteiger partial charge < -0.3 is 25.0 Å². The third-order valence-electron chi connectivity index (χ3n) is 8.30. The molecule has 4 amide bonds. The lowest BCUT2D eigenvalue weighted by Crippen LogP contribution is -2.52. The fourth-order valence-electron chi connectivity index (χ4n) is 5.91. The van der Waals surface area contributed by atoms with Crippen LogP contribution in [-0.4, -0.2) is 73.6 Å². The summed E-state index contributed by atoms with van der Waals surface area (Å²) in [5.41, 5.74) is 2.21. The molecule has 1 saturated heterocycles. The molecule has 0 spiro atoms. The third-order valence-corrected chi connectivity index (χ3v) is 8.30. The van der Waals surface area contributed by atoms with Gasteiger partial charge in [-0.05, 0) is 75.8 Å². The number of rotatable bonds is 12. The van der Waals surface area contributed by atoms with Gasteiger partial charge in [-0.3, -0.25) is 19.3 Å². The predicted octanol–water partition coefficient (Wildman–Crippen LogP) is 4.64. The van der Waals surface area contributed by atoms with Gasteiger partial charge in [0, 0.05) is 44.2 Å². The van der Waals surface area contributed by atoms with Crippen LogP contribution in [0.4, 0.5) is 10.5 Å². The van der Waals surface area contributed by atoms with Gasteiger partial charge in [0.2, 0.25) is 17.7 Å². The second-order valence-electron chi connectivity index (χ2n) is 12.9. The van der Waals surface area contributed by atoms with E-state index in [4.69, 9.17) is 9.47 Å². The van der Waals surface area contributed by atoms with Crippen molar-refractivity contribution in [1.29, 1.82) is 0 Å². The van der Waals surface area contributed by atoms with E-state index in [1.807, 2.05) is 74.2 Å². The van der Waals surface area contributed by atoms with Crippen molar-refractivity contribution in [2.24, 2.45) is 5.92 Å². The number of ether oxygens (including phenoxy) is 2. The molecule has 45 heavy (non-hydrogen) atoms. The van der Waals surface area contributed by atoms with E-state index in [1.54, 1.807) is 12.0 Å². The van der Waals surface area contributed by atoms with Crippen molar-refractivity contribution < 1.29 is 28.7 Å². The second-order valence-corrected chi connectivity index (χ2v) is 12.9. The molecule has 1 atom stereocenters. The van der Waals surface area contributed by atoms with Gasteiger partial charge in [-0.2, -0.15) is 0 Å². The smallest absolute Gasteiger partial charge is 0.407 e. The molecule has 1 fully saturated rings. The Balaban J connectivity index is 1.23. The van der Waals surface area contributed by atoms with Crippen LogP contribution in [0.3, 0.4) is 0 Å². The average molecular weight is 621 g/mol. The number of anilines is 1. The van der Waals surface area contributed by atoms with Crippen LogP contribution in [0.1, 0.15) is 70.4 Å². The highest BCUT2D eigenvalue weighted by molar-refractivity contribution is 6.04. The number of methoxy groups -OCH3 is 1. The number of nitrogens with one attached hydrogen (secondary N) is 2. The minimum absolute atomic E-state index is 0.0418. The molecule has 0 saturated carbocycles. The zero-order valence-electron chi connectivity index (χ0n) is 27.1. The zero-order chi connectivity index (χ0) is 32.4. The maximum atomic E-state index is 13.9. The molecule has 2 aromatic carbocycles. The van der Waals surface area contributed by atoms with Crippen molar-refractivity contribution in [2.75, 3.05) is 38.2 Å². The monoisotopic (exact) mass is 620 g/mol. The number of likely N-dealkylation sites (tertiary alicyclic amines) is 1. The number of fused-ring (bicyclic) bond motifs is 1. The molecule has 0 aliphatic carbocycles. The second kappa shape index (κ2) is 15.8. The molecule has 10 nitrogen and oxygen atoms in total. The number of amides is 4. The van der Waals surface area contributed by atoms with Crippen LogP contribution < -0.4 is 20.3 Å². The lowest BCUT2D eigenvalue weighted by molar-refractivity contribution is -0.134. The number of carbonyl (C=O) groups excluding carboxylic acids is 4. The van der Waals surface area contributed by atoms with E-state index in [-0.39, 0.29) is 23.6 Å². The number of piperidine rings is 1. The van der Waals surface area contributed by atoms with Crippen molar-refractivity contribution in [2.45, 2.75) is 83.8 Å². The van der Waals surface area contributed by atoms with Crippen LogP contribution >= 0.6 is 0 Å². The predicted molar refractivity (Wildman–Crippen MR) is 173 cm³/mol. The van der Waals surface area contributed by atoms with Crippen LogP contribution in [0.25, 0.3) is 0 Å². The Kier molecular flexibility index (Phi) is 11.8. The summed E-state index contributed by atoms with van der Waals surface area (Å²) in [6.45, 7) is 7.62. The highest BCUT2D eigenvalue weighted by Gasteiger charge is 2.41. The molecule has 4 rings (SSSR count). The SMILES string of the molecule is COc1ccc(CC(=O)N2CCC(C(=O)N3c4ccccc4CC3C(=O)NCCCCCCNC(=O)OC(C)(C)C)CC2)cc1. The van der Waals surface area contributed by atoms with E-state index < -0.39 is 17.7 Å². The molecule has 0 aromatic heterocycles. The van der Waals surface area contributed by atoms with E-state index in [0.717, 1.165) is 48.2 Å². The Morgan fingerprint density at radius 3 is 2.16 bits per heavy atom. The normalized spacial score (nSPS) is 16.6. The molecule has 1 unspecified atom stereocenters. The van der Waals surface area contributed by atoms with E-state index >= 15 is 0 Å². The number of benzene rings is 2. The summed E-state index contributed by atoms with van der Waals surface area (Å²) in [5, 5.41) is 5.82. The molecule has 2 heterocycles. The molecule has 244 valence electrons. The minimum atomic E-state index is -0.581. The Morgan fingerprint density at radius 1 is 0.867 bits per heavy atom. The van der Waals surface area contributed by atoms with Crippen molar-refractivity contribution >= 4 is 29.5 Å². The summed E-state index contributed by atoms with van der Waals surface area (Å²) in [6, 6.07) is 14.7. The summed E-state index contributed by atoms with van der Waals surface area (Å²) in [6.07, 6.45) is 5.03. The van der Waals surface area contributed by atoms with Crippen molar-refractivity contribution in [3.8, 4) is 5.75 Å². The molecule has 0 radical (unpaired) electrons. The van der Waals surface area contributed by atoms with Crippen LogP contribution in [-0.2, 0) is 32.0 Å². The average Bonchev–Trinajstić information content (AvgIpc) is 3.41. The maximum Gasteiger partial charge on any atom is 0.407 e. The summed E-state index contributed by atoms with van der Waals surface area (Å²) < 4.78 is 10.4. The lowest BCUT2D eigenvalue weighted by Gasteiger charge is -2.35. The summed E-state index contributed by atoms with van der Waals surface area (Å²) in [4.78, 5) is 55.5. The maximum absolute atomic E-state index is 13.9. The fourth-order valence-corrected chi connectivity index (χ4v) is 5.91. The molecule has 10 heteroatoms. The number of unbranched alkanes of at least 4 members (excludes halogenated alkanes) is 3. The van der Waals surface area contributed by atoms with Gasteiger partial charge in [0.25, 0.3) is 0 Å². The molecule has 2 aliphatic rings. The number of nitrogens with zero attached hydrogens (tertiary/aromatic N) is 2. The Morgan fingerprint density at radius 2 is 1.51 bits per heavy atom. The first-order valence-electron chi connectivity index (χ1n) is 16.1. The summed E-state index contributed by atoms with van der Waals surface area (Å²) in [7, 11) is 1.61. The van der Waals surface area contributed by atoms with Gasteiger partial charge in [0.15, 0.2) is 0 Å². The van der Waals surface area contributed by atoms with E-state index in [0.29, 0.717) is 51.9 Å². The highest BCUT2D eigenvalue weighted by atomic mass is 16.6. The van der Waals surface area contributed by atoms with Gasteiger partial charge in [-0.1, -0.05) is 43.2 Å². The Hall–Kier alpha value is -4.08. The molecule has 2 N–H and O–H groups in total. The number of para-hydroxylation sites is 1. The van der Waals surface area contributed by atoms with Crippen LogP contribution in [0.5, 0.6) is 5.75 Å². The molecule has 0 bridgehead atoms. The Labute approximate surface area is 266 Å². The van der Waals surface area contributed by atoms with Crippen molar-refractivity contribution in [3.05, 3.63) is 59.7 Å². The van der Waals surface area contributed by atoms with Gasteiger partial charge in [0.1, 0.15) is 17.4 Å². The summed E-state index contributed by atoms with van der Waals surface area (Å²) >= 11 is 0. The van der Waals surface area contributed by atoms with Gasteiger partial charge in [-0.25, -0.2) is 4.79 Å². The molecule has 2 aromatic rings. The lowest BCUT2D eigenvalue weighted by atomic mass is 9.94.